The van der Waals surface area contributed by atoms with E-state index in [-0.39, 0.29) is 0 Å². The van der Waals surface area contributed by atoms with E-state index in [1.54, 1.807) is 0 Å². The Balaban J connectivity index is 1.25. The lowest BCUT2D eigenvalue weighted by molar-refractivity contribution is 1.05. The third-order valence-electron chi connectivity index (χ3n) is 8.84. The van der Waals surface area contributed by atoms with Crippen LogP contribution in [0, 0.1) is 0 Å². The van der Waals surface area contributed by atoms with E-state index in [1.165, 1.54) is 0 Å². The van der Waals surface area contributed by atoms with Crippen LogP contribution in [0.25, 0.3) is 84.4 Å². The molecule has 0 unspecified atom stereocenters. The third-order valence-corrected chi connectivity index (χ3v) is 8.84. The number of nitrogens with zero attached hydrogens (tertiary/aromatic N) is 5. The molecule has 230 valence electrons. The van der Waals surface area contributed by atoms with Gasteiger partial charge in [-0.3, -0.25) is 4.40 Å². The molecule has 5 nitrogen and oxygen atoms in total. The normalized spacial score (nSPS) is 11.3. The minimum Gasteiger partial charge on any atom is -0.277 e. The quantitative estimate of drug-likeness (QED) is 0.184. The van der Waals surface area contributed by atoms with Crippen molar-refractivity contribution >= 4 is 16.4 Å². The van der Waals surface area contributed by atoms with Crippen molar-refractivity contribution in [2.45, 2.75) is 0 Å². The fraction of sp³-hybridized carbons (Fsp3) is 0. The molecule has 0 bridgehead atoms. The summed E-state index contributed by atoms with van der Waals surface area (Å²) in [5.41, 5.74) is 9.75. The molecule has 0 fully saturated rings. The molecule has 0 radical (unpaired) electrons. The maximum atomic E-state index is 5.26. The van der Waals surface area contributed by atoms with Crippen molar-refractivity contribution in [1.29, 1.82) is 0 Å². The Labute approximate surface area is 283 Å². The molecule has 5 heteroatoms. The van der Waals surface area contributed by atoms with Crippen LogP contribution in [0.1, 0.15) is 0 Å². The number of aromatic nitrogens is 5. The van der Waals surface area contributed by atoms with Gasteiger partial charge in [0.1, 0.15) is 11.5 Å². The van der Waals surface area contributed by atoms with E-state index in [0.717, 1.165) is 72.7 Å². The highest BCUT2D eigenvalue weighted by Crippen LogP contribution is 2.38. The fourth-order valence-electron chi connectivity index (χ4n) is 6.47. The Kier molecular flexibility index (Phi) is 7.06. The van der Waals surface area contributed by atoms with Gasteiger partial charge in [-0.25, -0.2) is 19.9 Å². The van der Waals surface area contributed by atoms with Crippen LogP contribution >= 0.6 is 0 Å². The van der Waals surface area contributed by atoms with Gasteiger partial charge in [-0.05, 0) is 11.6 Å². The summed E-state index contributed by atoms with van der Waals surface area (Å²) in [5.74, 6) is 2.20. The van der Waals surface area contributed by atoms with Crippen molar-refractivity contribution in [3.8, 4) is 67.9 Å². The summed E-state index contributed by atoms with van der Waals surface area (Å²) in [5, 5.41) is 2.22. The highest BCUT2D eigenvalue weighted by atomic mass is 15.1. The summed E-state index contributed by atoms with van der Waals surface area (Å²) >= 11 is 0. The van der Waals surface area contributed by atoms with Crippen LogP contribution in [0.4, 0.5) is 0 Å². The largest absolute Gasteiger partial charge is 0.277 e. The van der Waals surface area contributed by atoms with Crippen molar-refractivity contribution < 1.29 is 0 Å². The van der Waals surface area contributed by atoms with Crippen molar-refractivity contribution in [1.82, 2.24) is 24.3 Å². The van der Waals surface area contributed by atoms with Crippen molar-refractivity contribution in [2.24, 2.45) is 0 Å². The molecule has 6 aromatic carbocycles. The second-order valence-corrected chi connectivity index (χ2v) is 11.9. The van der Waals surface area contributed by atoms with E-state index in [0.29, 0.717) is 11.6 Å². The molecule has 9 rings (SSSR count). The molecule has 3 aromatic heterocycles. The van der Waals surface area contributed by atoms with Crippen LogP contribution in [-0.4, -0.2) is 24.3 Å². The zero-order valence-electron chi connectivity index (χ0n) is 26.5. The SMILES string of the molecule is c1ccc(-c2cc(-c3ccc(-c4nc(-c5ccccc5)nc5c6ccccc6c(-c6ccccc6)n45)cc3)nc(-c3ccccc3)n2)cc1. The van der Waals surface area contributed by atoms with Gasteiger partial charge < -0.3 is 0 Å². The monoisotopic (exact) mass is 627 g/mol. The predicted octanol–water partition coefficient (Wildman–Crippen LogP) is 10.7. The van der Waals surface area contributed by atoms with E-state index < -0.39 is 0 Å². The first-order chi connectivity index (χ1) is 24.3. The number of hydrogen-bond acceptors (Lipinski definition) is 4. The Hall–Kier alpha value is -6.72. The summed E-state index contributed by atoms with van der Waals surface area (Å²) in [6, 6.07) is 60.2. The molecule has 0 saturated heterocycles. The second kappa shape index (κ2) is 12.1. The zero-order valence-corrected chi connectivity index (χ0v) is 26.5. The molecule has 0 atom stereocenters. The van der Waals surface area contributed by atoms with Gasteiger partial charge in [0.05, 0.1) is 17.1 Å². The van der Waals surface area contributed by atoms with Crippen molar-refractivity contribution in [3.63, 3.8) is 0 Å². The summed E-state index contributed by atoms with van der Waals surface area (Å²) in [7, 11) is 0. The Morgan fingerprint density at radius 2 is 0.755 bits per heavy atom. The van der Waals surface area contributed by atoms with Crippen molar-refractivity contribution in [2.75, 3.05) is 0 Å². The first-order valence-corrected chi connectivity index (χ1v) is 16.3. The lowest BCUT2D eigenvalue weighted by Gasteiger charge is -2.13. The zero-order chi connectivity index (χ0) is 32.6. The number of benzene rings is 6. The Morgan fingerprint density at radius 1 is 0.327 bits per heavy atom. The van der Waals surface area contributed by atoms with Gasteiger partial charge in [-0.15, -0.1) is 0 Å². The molecule has 0 N–H and O–H groups in total. The lowest BCUT2D eigenvalue weighted by atomic mass is 10.0. The molecular formula is C44H29N5. The van der Waals surface area contributed by atoms with E-state index in [2.05, 4.69) is 108 Å². The highest BCUT2D eigenvalue weighted by molar-refractivity contribution is 6.06. The molecule has 0 aliphatic heterocycles. The van der Waals surface area contributed by atoms with Gasteiger partial charge in [-0.1, -0.05) is 170 Å². The summed E-state index contributed by atoms with van der Waals surface area (Å²) in [6.07, 6.45) is 0. The van der Waals surface area contributed by atoms with E-state index in [9.17, 15) is 0 Å². The van der Waals surface area contributed by atoms with Crippen LogP contribution in [-0.2, 0) is 0 Å². The molecule has 0 aliphatic carbocycles. The molecule has 9 aromatic rings. The summed E-state index contributed by atoms with van der Waals surface area (Å²) < 4.78 is 2.22. The molecule has 3 heterocycles. The summed E-state index contributed by atoms with van der Waals surface area (Å²) in [4.78, 5) is 20.5. The first-order valence-electron chi connectivity index (χ1n) is 16.3. The maximum absolute atomic E-state index is 5.26. The van der Waals surface area contributed by atoms with Crippen LogP contribution < -0.4 is 0 Å². The Morgan fingerprint density at radius 3 is 1.33 bits per heavy atom. The minimum atomic E-state index is 0.686. The van der Waals surface area contributed by atoms with Crippen molar-refractivity contribution in [3.05, 3.63) is 176 Å². The van der Waals surface area contributed by atoms with Gasteiger partial charge >= 0.3 is 0 Å². The van der Waals surface area contributed by atoms with Crippen LogP contribution in [0.2, 0.25) is 0 Å². The lowest BCUT2D eigenvalue weighted by Crippen LogP contribution is -2.03. The van der Waals surface area contributed by atoms with Gasteiger partial charge in [0.25, 0.3) is 0 Å². The Bertz CT molecular complexity index is 2500. The number of hydrogen-bond donors (Lipinski definition) is 0. The van der Waals surface area contributed by atoms with Gasteiger partial charge in [0.15, 0.2) is 11.6 Å². The highest BCUT2D eigenvalue weighted by Gasteiger charge is 2.21. The van der Waals surface area contributed by atoms with Gasteiger partial charge in [0.2, 0.25) is 0 Å². The van der Waals surface area contributed by atoms with Crippen LogP contribution in [0.15, 0.2) is 176 Å². The second-order valence-electron chi connectivity index (χ2n) is 11.9. The predicted molar refractivity (Wildman–Crippen MR) is 199 cm³/mol. The minimum absolute atomic E-state index is 0.686. The summed E-state index contributed by atoms with van der Waals surface area (Å²) in [6.45, 7) is 0. The topological polar surface area (TPSA) is 56.0 Å². The van der Waals surface area contributed by atoms with E-state index >= 15 is 0 Å². The molecule has 0 aliphatic rings. The molecule has 0 amide bonds. The fourth-order valence-corrected chi connectivity index (χ4v) is 6.47. The maximum Gasteiger partial charge on any atom is 0.163 e. The van der Waals surface area contributed by atoms with Gasteiger partial charge in [0, 0.05) is 38.6 Å². The molecule has 0 spiro atoms. The first kappa shape index (κ1) is 28.5. The van der Waals surface area contributed by atoms with Gasteiger partial charge in [-0.2, -0.15) is 0 Å². The van der Waals surface area contributed by atoms with Crippen LogP contribution in [0.3, 0.4) is 0 Å². The van der Waals surface area contributed by atoms with Crippen LogP contribution in [0.5, 0.6) is 0 Å². The smallest absolute Gasteiger partial charge is 0.163 e. The number of rotatable bonds is 6. The average Bonchev–Trinajstić information content (AvgIpc) is 3.53. The molecule has 49 heavy (non-hydrogen) atoms. The molecule has 0 saturated carbocycles. The molecular weight excluding hydrogens is 599 g/mol. The standard InChI is InChI=1S/C44H29N5/c1-5-15-30(16-6-1)38-29-39(46-41(45-38)33-19-9-3-10-20-33)31-25-27-35(28-26-31)43-47-42(34-21-11-4-12-22-34)48-44-37-24-14-13-23-36(37)40(49(43)44)32-17-7-2-8-18-32/h1-29H. The van der Waals surface area contributed by atoms with E-state index in [4.69, 9.17) is 19.9 Å². The van der Waals surface area contributed by atoms with E-state index in [1.807, 2.05) is 72.8 Å². The average molecular weight is 628 g/mol. The number of fused-ring (bicyclic) bond motifs is 3. The third kappa shape index (κ3) is 5.24.